The highest BCUT2D eigenvalue weighted by atomic mass is 35.5. The number of ether oxygens (including phenoxy) is 1. The Morgan fingerprint density at radius 2 is 2.11 bits per heavy atom. The van der Waals surface area contributed by atoms with Gasteiger partial charge >= 0.3 is 6.18 Å². The molecule has 8 heteroatoms. The molecule has 2 heterocycles. The summed E-state index contributed by atoms with van der Waals surface area (Å²) in [4.78, 5) is 9.24. The van der Waals surface area contributed by atoms with Gasteiger partial charge in [0.1, 0.15) is 4.83 Å². The number of halogens is 4. The van der Waals surface area contributed by atoms with E-state index in [0.29, 0.717) is 10.2 Å². The molecule has 2 aromatic heterocycles. The molecule has 2 rings (SSSR count). The molecule has 0 amide bonds. The van der Waals surface area contributed by atoms with Crippen molar-refractivity contribution >= 4 is 33.2 Å². The van der Waals surface area contributed by atoms with Crippen LogP contribution in [0.4, 0.5) is 13.2 Å². The van der Waals surface area contributed by atoms with Crippen molar-refractivity contribution < 1.29 is 17.9 Å². The summed E-state index contributed by atoms with van der Waals surface area (Å²) in [5, 5.41) is 0.337. The van der Waals surface area contributed by atoms with Crippen LogP contribution < -0.4 is 4.74 Å². The van der Waals surface area contributed by atoms with E-state index in [1.807, 2.05) is 6.92 Å². The molecular weight excluding hydrogens is 301 g/mol. The minimum absolute atomic E-state index is 0.124. The van der Waals surface area contributed by atoms with E-state index in [9.17, 15) is 13.2 Å². The quantitative estimate of drug-likeness (QED) is 0.795. The molecule has 0 saturated carbocycles. The molecule has 0 aliphatic carbocycles. The summed E-state index contributed by atoms with van der Waals surface area (Å²) in [6.07, 6.45) is -5.65. The zero-order valence-electron chi connectivity index (χ0n) is 10.1. The van der Waals surface area contributed by atoms with E-state index in [1.54, 1.807) is 6.07 Å². The Balaban J connectivity index is 2.44. The van der Waals surface area contributed by atoms with Crippen molar-refractivity contribution in [2.75, 3.05) is 0 Å². The van der Waals surface area contributed by atoms with Gasteiger partial charge in [-0.1, -0.05) is 6.92 Å². The molecule has 1 atom stereocenters. The molecular formula is C11H10ClF3N2OS. The van der Waals surface area contributed by atoms with Crippen molar-refractivity contribution in [1.29, 1.82) is 0 Å². The van der Waals surface area contributed by atoms with Gasteiger partial charge in [0, 0.05) is 4.88 Å². The molecule has 0 radical (unpaired) electrons. The number of hydrogen-bond acceptors (Lipinski definition) is 4. The van der Waals surface area contributed by atoms with E-state index in [0.717, 1.165) is 18.2 Å². The number of rotatable bonds is 3. The number of nitrogens with zero attached hydrogens (tertiary/aromatic N) is 2. The van der Waals surface area contributed by atoms with Crippen molar-refractivity contribution in [2.24, 2.45) is 0 Å². The van der Waals surface area contributed by atoms with Gasteiger partial charge in [-0.3, -0.25) is 0 Å². The first-order chi connectivity index (χ1) is 8.81. The lowest BCUT2D eigenvalue weighted by Crippen LogP contribution is -2.31. The highest BCUT2D eigenvalue weighted by Gasteiger charge is 2.38. The summed E-state index contributed by atoms with van der Waals surface area (Å²) in [6.45, 7) is 2.87. The molecule has 0 spiro atoms. The van der Waals surface area contributed by atoms with E-state index in [2.05, 4.69) is 9.97 Å². The predicted molar refractivity (Wildman–Crippen MR) is 67.9 cm³/mol. The summed E-state index contributed by atoms with van der Waals surface area (Å²) < 4.78 is 42.4. The molecule has 0 aromatic carbocycles. The van der Waals surface area contributed by atoms with Gasteiger partial charge in [-0.25, -0.2) is 4.98 Å². The summed E-state index contributed by atoms with van der Waals surface area (Å²) >= 11 is 7.06. The number of hydrogen-bond donors (Lipinski definition) is 0. The Morgan fingerprint density at radius 3 is 2.68 bits per heavy atom. The molecule has 0 saturated heterocycles. The van der Waals surface area contributed by atoms with Gasteiger partial charge in [0.05, 0.1) is 5.39 Å². The smallest absolute Gasteiger partial charge is 0.425 e. The molecule has 0 aliphatic rings. The van der Waals surface area contributed by atoms with Crippen LogP contribution in [0.5, 0.6) is 5.88 Å². The summed E-state index contributed by atoms with van der Waals surface area (Å²) in [7, 11) is 0. The molecule has 19 heavy (non-hydrogen) atoms. The van der Waals surface area contributed by atoms with Gasteiger partial charge in [-0.15, -0.1) is 11.3 Å². The second kappa shape index (κ2) is 5.13. The van der Waals surface area contributed by atoms with Crippen molar-refractivity contribution in [2.45, 2.75) is 32.5 Å². The van der Waals surface area contributed by atoms with E-state index in [-0.39, 0.29) is 11.2 Å². The third kappa shape index (κ3) is 3.09. The van der Waals surface area contributed by atoms with Gasteiger partial charge in [0.25, 0.3) is 0 Å². The second-order valence-corrected chi connectivity index (χ2v) is 5.34. The molecule has 0 bridgehead atoms. The van der Waals surface area contributed by atoms with Crippen LogP contribution in [0.15, 0.2) is 6.07 Å². The summed E-state index contributed by atoms with van der Waals surface area (Å²) in [6, 6.07) is 1.73. The highest BCUT2D eigenvalue weighted by molar-refractivity contribution is 7.18. The van der Waals surface area contributed by atoms with Crippen molar-refractivity contribution in [3.8, 4) is 5.88 Å². The van der Waals surface area contributed by atoms with Crippen LogP contribution in [-0.2, 0) is 6.42 Å². The number of aromatic nitrogens is 2. The largest absolute Gasteiger partial charge is 0.464 e. The fraction of sp³-hybridized carbons (Fsp3) is 0.455. The third-order valence-electron chi connectivity index (χ3n) is 2.48. The minimum atomic E-state index is -4.45. The Bertz CT molecular complexity index is 599. The number of aryl methyl sites for hydroxylation is 1. The number of alkyl halides is 3. The molecule has 0 fully saturated rings. The van der Waals surface area contributed by atoms with Gasteiger partial charge in [-0.05, 0) is 31.0 Å². The maximum atomic E-state index is 12.5. The fourth-order valence-electron chi connectivity index (χ4n) is 1.42. The van der Waals surface area contributed by atoms with Crippen LogP contribution in [0.1, 0.15) is 18.7 Å². The normalized spacial score (nSPS) is 13.8. The van der Waals surface area contributed by atoms with Crippen molar-refractivity contribution in [3.05, 3.63) is 16.2 Å². The van der Waals surface area contributed by atoms with Gasteiger partial charge in [-0.2, -0.15) is 18.2 Å². The third-order valence-corrected chi connectivity index (χ3v) is 3.82. The number of thiophene rings is 1. The molecule has 3 nitrogen and oxygen atoms in total. The molecule has 0 aliphatic heterocycles. The summed E-state index contributed by atoms with van der Waals surface area (Å²) in [5.41, 5.74) is 0. The van der Waals surface area contributed by atoms with Gasteiger partial charge < -0.3 is 4.74 Å². The van der Waals surface area contributed by atoms with Crippen molar-refractivity contribution in [3.63, 3.8) is 0 Å². The topological polar surface area (TPSA) is 35.0 Å². The van der Waals surface area contributed by atoms with Crippen LogP contribution in [0.25, 0.3) is 10.2 Å². The first kappa shape index (κ1) is 14.3. The van der Waals surface area contributed by atoms with Crippen LogP contribution in [-0.4, -0.2) is 22.2 Å². The van der Waals surface area contributed by atoms with Crippen molar-refractivity contribution in [1.82, 2.24) is 9.97 Å². The highest BCUT2D eigenvalue weighted by Crippen LogP contribution is 2.33. The second-order valence-electron chi connectivity index (χ2n) is 3.88. The zero-order chi connectivity index (χ0) is 14.2. The zero-order valence-corrected chi connectivity index (χ0v) is 11.7. The monoisotopic (exact) mass is 310 g/mol. The maximum absolute atomic E-state index is 12.5. The predicted octanol–water partition coefficient (Wildman–Crippen LogP) is 4.24. The number of fused-ring (bicyclic) bond motifs is 1. The van der Waals surface area contributed by atoms with Crippen LogP contribution in [0.3, 0.4) is 0 Å². The van der Waals surface area contributed by atoms with E-state index in [1.165, 1.54) is 11.3 Å². The lowest BCUT2D eigenvalue weighted by molar-refractivity contribution is -0.189. The van der Waals surface area contributed by atoms with Gasteiger partial charge in [0.2, 0.25) is 11.2 Å². The maximum Gasteiger partial charge on any atom is 0.425 e. The van der Waals surface area contributed by atoms with Crippen LogP contribution in [0.2, 0.25) is 5.28 Å². The Labute approximate surface area is 116 Å². The molecule has 104 valence electrons. The Morgan fingerprint density at radius 1 is 1.42 bits per heavy atom. The van der Waals surface area contributed by atoms with E-state index >= 15 is 0 Å². The Kier molecular flexibility index (Phi) is 3.87. The first-order valence-electron chi connectivity index (χ1n) is 5.50. The SMILES string of the molecule is CCc1cc2c(OC(C)C(F)(F)F)nc(Cl)nc2s1. The lowest BCUT2D eigenvalue weighted by Gasteiger charge is -2.17. The van der Waals surface area contributed by atoms with Crippen LogP contribution in [0, 0.1) is 0 Å². The molecule has 1 unspecified atom stereocenters. The average molecular weight is 311 g/mol. The minimum Gasteiger partial charge on any atom is -0.464 e. The average Bonchev–Trinajstić information content (AvgIpc) is 2.70. The lowest BCUT2D eigenvalue weighted by atomic mass is 10.3. The molecule has 2 aromatic rings. The Hall–Kier alpha value is -1.08. The van der Waals surface area contributed by atoms with E-state index < -0.39 is 12.3 Å². The summed E-state index contributed by atoms with van der Waals surface area (Å²) in [5.74, 6) is -0.129. The van der Waals surface area contributed by atoms with Crippen LogP contribution >= 0.6 is 22.9 Å². The van der Waals surface area contributed by atoms with E-state index in [4.69, 9.17) is 16.3 Å². The first-order valence-corrected chi connectivity index (χ1v) is 6.70. The standard InChI is InChI=1S/C11H10ClF3N2OS/c1-3-6-4-7-8(18-5(2)11(13,14)15)16-10(12)17-9(7)19-6/h4-5H,3H2,1-2H3. The fourth-order valence-corrected chi connectivity index (χ4v) is 2.59. The molecule has 0 N–H and O–H groups in total. The van der Waals surface area contributed by atoms with Gasteiger partial charge in [0.15, 0.2) is 6.10 Å².